The van der Waals surface area contributed by atoms with Crippen molar-refractivity contribution in [1.29, 1.82) is 0 Å². The fourth-order valence-electron chi connectivity index (χ4n) is 2.63. The zero-order valence-electron chi connectivity index (χ0n) is 14.7. The van der Waals surface area contributed by atoms with Crippen LogP contribution in [0, 0.1) is 20.8 Å². The first-order valence-electron chi connectivity index (χ1n) is 8.04. The van der Waals surface area contributed by atoms with Crippen LogP contribution < -0.4 is 16.2 Å². The van der Waals surface area contributed by atoms with Gasteiger partial charge in [-0.2, -0.15) is 0 Å². The summed E-state index contributed by atoms with van der Waals surface area (Å²) in [7, 11) is 0. The van der Waals surface area contributed by atoms with Crippen molar-refractivity contribution in [2.45, 2.75) is 27.3 Å². The van der Waals surface area contributed by atoms with Crippen molar-refractivity contribution in [3.63, 3.8) is 0 Å². The van der Waals surface area contributed by atoms with Gasteiger partial charge in [0.1, 0.15) is 6.54 Å². The molecule has 1 aromatic carbocycles. The lowest BCUT2D eigenvalue weighted by atomic mass is 10.1. The van der Waals surface area contributed by atoms with Crippen LogP contribution in [-0.2, 0) is 11.3 Å². The molecule has 0 radical (unpaired) electrons. The van der Waals surface area contributed by atoms with Crippen LogP contribution in [0.3, 0.4) is 0 Å². The molecule has 0 aliphatic heterocycles. The van der Waals surface area contributed by atoms with E-state index in [1.165, 1.54) is 22.0 Å². The number of carbonyl (C=O) groups is 1. The summed E-state index contributed by atoms with van der Waals surface area (Å²) < 4.78 is 1.31. The molecule has 0 aliphatic carbocycles. The van der Waals surface area contributed by atoms with E-state index in [-0.39, 0.29) is 18.0 Å². The van der Waals surface area contributed by atoms with Gasteiger partial charge in [0.15, 0.2) is 5.13 Å². The number of rotatable bonds is 5. The van der Waals surface area contributed by atoms with Crippen molar-refractivity contribution in [2.75, 3.05) is 10.6 Å². The summed E-state index contributed by atoms with van der Waals surface area (Å²) in [6.45, 7) is 5.58. The maximum atomic E-state index is 12.4. The van der Waals surface area contributed by atoms with Crippen molar-refractivity contribution in [3.05, 3.63) is 63.0 Å². The summed E-state index contributed by atoms with van der Waals surface area (Å²) in [5.74, 6) is -0.00883. The number of amides is 1. The van der Waals surface area contributed by atoms with Crippen LogP contribution in [0.2, 0.25) is 0 Å². The summed E-state index contributed by atoms with van der Waals surface area (Å²) in [4.78, 5) is 33.1. The highest BCUT2D eigenvalue weighted by Gasteiger charge is 2.13. The molecule has 0 spiro atoms. The summed E-state index contributed by atoms with van der Waals surface area (Å²) in [5.41, 5.74) is 3.29. The van der Waals surface area contributed by atoms with Crippen LogP contribution in [0.15, 0.2) is 40.6 Å². The fraction of sp³-hybridized carbons (Fsp3) is 0.222. The van der Waals surface area contributed by atoms with Gasteiger partial charge in [0.25, 0.3) is 5.56 Å². The van der Waals surface area contributed by atoms with Gasteiger partial charge in [-0.05, 0) is 44.0 Å². The Kier molecular flexibility index (Phi) is 5.13. The second-order valence-corrected chi connectivity index (χ2v) is 6.93. The Morgan fingerprint density at radius 2 is 1.88 bits per heavy atom. The SMILES string of the molecule is Cc1cc(C)cc(Nc2nc(C)cc(=O)n2CC(=O)Nc2nccs2)c1. The average Bonchev–Trinajstić information content (AvgIpc) is 3.02. The van der Waals surface area contributed by atoms with E-state index in [9.17, 15) is 9.59 Å². The van der Waals surface area contributed by atoms with Gasteiger partial charge in [-0.15, -0.1) is 11.3 Å². The molecule has 2 N–H and O–H groups in total. The highest BCUT2D eigenvalue weighted by molar-refractivity contribution is 7.13. The second-order valence-electron chi connectivity index (χ2n) is 6.03. The maximum Gasteiger partial charge on any atom is 0.255 e. The molecular formula is C18H19N5O2S. The molecule has 0 atom stereocenters. The Morgan fingerprint density at radius 3 is 2.54 bits per heavy atom. The molecular weight excluding hydrogens is 350 g/mol. The number of carbonyl (C=O) groups excluding carboxylic acids is 1. The third kappa shape index (κ3) is 4.34. The van der Waals surface area contributed by atoms with E-state index in [1.54, 1.807) is 18.5 Å². The molecule has 0 fully saturated rings. The van der Waals surface area contributed by atoms with Crippen molar-refractivity contribution in [2.24, 2.45) is 0 Å². The van der Waals surface area contributed by atoms with Gasteiger partial charge in [0, 0.05) is 29.0 Å². The topological polar surface area (TPSA) is 88.9 Å². The number of aryl methyl sites for hydroxylation is 3. The van der Waals surface area contributed by atoms with E-state index in [2.05, 4.69) is 26.7 Å². The highest BCUT2D eigenvalue weighted by Crippen LogP contribution is 2.18. The Morgan fingerprint density at radius 1 is 1.15 bits per heavy atom. The van der Waals surface area contributed by atoms with Gasteiger partial charge >= 0.3 is 0 Å². The molecule has 8 heteroatoms. The van der Waals surface area contributed by atoms with Crippen molar-refractivity contribution in [3.8, 4) is 0 Å². The third-order valence-electron chi connectivity index (χ3n) is 3.59. The first-order valence-corrected chi connectivity index (χ1v) is 8.92. The minimum atomic E-state index is -0.337. The summed E-state index contributed by atoms with van der Waals surface area (Å²) in [6, 6.07) is 7.38. The van der Waals surface area contributed by atoms with Crippen LogP contribution in [-0.4, -0.2) is 20.4 Å². The molecule has 2 heterocycles. The molecule has 0 saturated carbocycles. The van der Waals surface area contributed by atoms with E-state index in [0.717, 1.165) is 16.8 Å². The zero-order valence-corrected chi connectivity index (χ0v) is 15.6. The number of nitrogens with zero attached hydrogens (tertiary/aromatic N) is 3. The molecule has 2 aromatic heterocycles. The Bertz CT molecular complexity index is 975. The summed E-state index contributed by atoms with van der Waals surface area (Å²) in [6.07, 6.45) is 1.60. The fourth-order valence-corrected chi connectivity index (χ4v) is 3.18. The van der Waals surface area contributed by atoms with Gasteiger partial charge < -0.3 is 10.6 Å². The molecule has 0 unspecified atom stereocenters. The Balaban J connectivity index is 1.89. The number of thiazole rings is 1. The highest BCUT2D eigenvalue weighted by atomic mass is 32.1. The van der Waals surface area contributed by atoms with E-state index in [1.807, 2.05) is 26.0 Å². The van der Waals surface area contributed by atoms with Crippen molar-refractivity contribution < 1.29 is 4.79 Å². The monoisotopic (exact) mass is 369 g/mol. The van der Waals surface area contributed by atoms with E-state index in [4.69, 9.17) is 0 Å². The maximum absolute atomic E-state index is 12.4. The number of hydrogen-bond donors (Lipinski definition) is 2. The average molecular weight is 369 g/mol. The standard InChI is InChI=1S/C18H19N5O2S/c1-11-6-12(2)8-14(7-11)21-17-20-13(3)9-16(25)23(17)10-15(24)22-18-19-4-5-26-18/h4-9H,10H2,1-3H3,(H,20,21)(H,19,22,24). The summed E-state index contributed by atoms with van der Waals surface area (Å²) in [5, 5.41) is 8.09. The molecule has 1 amide bonds. The molecule has 3 rings (SSSR count). The second kappa shape index (κ2) is 7.49. The molecule has 7 nitrogen and oxygen atoms in total. The lowest BCUT2D eigenvalue weighted by Gasteiger charge is -2.14. The molecule has 0 saturated heterocycles. The predicted molar refractivity (Wildman–Crippen MR) is 103 cm³/mol. The Labute approximate surface area is 154 Å². The molecule has 134 valence electrons. The lowest BCUT2D eigenvalue weighted by Crippen LogP contribution is -2.30. The number of benzene rings is 1. The number of anilines is 3. The summed E-state index contributed by atoms with van der Waals surface area (Å²) >= 11 is 1.32. The van der Waals surface area contributed by atoms with Gasteiger partial charge in [0.05, 0.1) is 0 Å². The third-order valence-corrected chi connectivity index (χ3v) is 4.28. The predicted octanol–water partition coefficient (Wildman–Crippen LogP) is 3.01. The minimum absolute atomic E-state index is 0.154. The van der Waals surface area contributed by atoms with Crippen molar-refractivity contribution >= 4 is 34.0 Å². The van der Waals surface area contributed by atoms with Gasteiger partial charge in [-0.3, -0.25) is 14.2 Å². The lowest BCUT2D eigenvalue weighted by molar-refractivity contribution is -0.116. The number of hydrogen-bond acceptors (Lipinski definition) is 6. The zero-order chi connectivity index (χ0) is 18.7. The smallest absolute Gasteiger partial charge is 0.255 e. The van der Waals surface area contributed by atoms with E-state index in [0.29, 0.717) is 16.8 Å². The molecule has 0 bridgehead atoms. The largest absolute Gasteiger partial charge is 0.325 e. The van der Waals surface area contributed by atoms with Crippen LogP contribution in [0.1, 0.15) is 16.8 Å². The van der Waals surface area contributed by atoms with Crippen LogP contribution in [0.5, 0.6) is 0 Å². The van der Waals surface area contributed by atoms with Gasteiger partial charge in [-0.25, -0.2) is 9.97 Å². The number of nitrogens with one attached hydrogen (secondary N) is 2. The molecule has 26 heavy (non-hydrogen) atoms. The molecule has 3 aromatic rings. The quantitative estimate of drug-likeness (QED) is 0.722. The minimum Gasteiger partial charge on any atom is -0.325 e. The number of aromatic nitrogens is 3. The van der Waals surface area contributed by atoms with Gasteiger partial charge in [-0.1, -0.05) is 6.07 Å². The van der Waals surface area contributed by atoms with E-state index >= 15 is 0 Å². The first kappa shape index (κ1) is 17.8. The van der Waals surface area contributed by atoms with Crippen LogP contribution in [0.25, 0.3) is 0 Å². The molecule has 0 aliphatic rings. The van der Waals surface area contributed by atoms with Crippen LogP contribution in [0.4, 0.5) is 16.8 Å². The normalized spacial score (nSPS) is 10.6. The van der Waals surface area contributed by atoms with Gasteiger partial charge in [0.2, 0.25) is 11.9 Å². The van der Waals surface area contributed by atoms with E-state index < -0.39 is 0 Å². The van der Waals surface area contributed by atoms with Crippen LogP contribution >= 0.6 is 11.3 Å². The Hall–Kier alpha value is -3.00. The first-order chi connectivity index (χ1) is 12.4. The van der Waals surface area contributed by atoms with Crippen molar-refractivity contribution in [1.82, 2.24) is 14.5 Å².